The third kappa shape index (κ3) is 1.82. The van der Waals surface area contributed by atoms with Crippen LogP contribution in [0.1, 0.15) is 11.7 Å². The molecule has 0 spiro atoms. The highest BCUT2D eigenvalue weighted by atomic mass is 15.0. The number of H-pyrrole nitrogens is 1. The van der Waals surface area contributed by atoms with Gasteiger partial charge in [-0.25, -0.2) is 9.97 Å². The first-order chi connectivity index (χ1) is 9.90. The number of rotatable bonds is 2. The van der Waals surface area contributed by atoms with Gasteiger partial charge in [-0.2, -0.15) is 0 Å². The summed E-state index contributed by atoms with van der Waals surface area (Å²) in [5.74, 6) is 1.16. The molecule has 0 amide bonds. The maximum Gasteiger partial charge on any atom is 0.178 e. The molecule has 1 aliphatic rings. The quantitative estimate of drug-likeness (QED) is 0.769. The van der Waals surface area contributed by atoms with Crippen LogP contribution in [0.3, 0.4) is 0 Å². The van der Waals surface area contributed by atoms with Gasteiger partial charge in [-0.05, 0) is 24.3 Å². The summed E-state index contributed by atoms with van der Waals surface area (Å²) in [5.41, 5.74) is 3.59. The Balaban J connectivity index is 1.80. The number of nitrogens with zero attached hydrogens (tertiary/aromatic N) is 3. The van der Waals surface area contributed by atoms with Crippen LogP contribution >= 0.6 is 0 Å². The SMILES string of the molecule is C1=CC(c2nc3nc(-c4cccnc4)ccc3[nH]2)C=C1. The third-order valence-corrected chi connectivity index (χ3v) is 3.39. The Hall–Kier alpha value is -2.75. The topological polar surface area (TPSA) is 54.5 Å². The second-order valence-corrected chi connectivity index (χ2v) is 4.73. The zero-order valence-corrected chi connectivity index (χ0v) is 10.7. The number of hydrogen-bond acceptors (Lipinski definition) is 3. The molecular formula is C16H12N4. The highest BCUT2D eigenvalue weighted by Gasteiger charge is 2.13. The number of hydrogen-bond donors (Lipinski definition) is 1. The maximum absolute atomic E-state index is 4.61. The molecule has 0 radical (unpaired) electrons. The number of allylic oxidation sites excluding steroid dienone is 4. The molecule has 1 N–H and O–H groups in total. The van der Waals surface area contributed by atoms with Crippen molar-refractivity contribution in [1.82, 2.24) is 19.9 Å². The van der Waals surface area contributed by atoms with Crippen LogP contribution in [0, 0.1) is 0 Å². The highest BCUT2D eigenvalue weighted by molar-refractivity contribution is 5.75. The summed E-state index contributed by atoms with van der Waals surface area (Å²) in [6, 6.07) is 7.91. The number of aromatic amines is 1. The molecule has 3 heterocycles. The summed E-state index contributed by atoms with van der Waals surface area (Å²) in [5, 5.41) is 0. The molecule has 0 atom stereocenters. The standard InChI is InChI=1S/C16H12N4/c1-2-5-11(4-1)15-19-14-8-7-13(18-16(14)20-15)12-6-3-9-17-10-12/h1-11H,(H,18,19,20). The normalized spacial score (nSPS) is 14.4. The Labute approximate surface area is 115 Å². The first-order valence-electron chi connectivity index (χ1n) is 6.52. The fourth-order valence-electron chi connectivity index (χ4n) is 2.36. The lowest BCUT2D eigenvalue weighted by Crippen LogP contribution is -1.91. The lowest BCUT2D eigenvalue weighted by atomic mass is 10.2. The number of nitrogens with one attached hydrogen (secondary N) is 1. The highest BCUT2D eigenvalue weighted by Crippen LogP contribution is 2.24. The van der Waals surface area contributed by atoms with Gasteiger partial charge in [-0.15, -0.1) is 0 Å². The molecule has 1 aliphatic carbocycles. The number of pyridine rings is 2. The molecule has 0 saturated heterocycles. The zero-order valence-electron chi connectivity index (χ0n) is 10.7. The van der Waals surface area contributed by atoms with Crippen molar-refractivity contribution in [2.45, 2.75) is 5.92 Å². The fourth-order valence-corrected chi connectivity index (χ4v) is 2.36. The maximum atomic E-state index is 4.61. The minimum absolute atomic E-state index is 0.228. The van der Waals surface area contributed by atoms with E-state index < -0.39 is 0 Å². The summed E-state index contributed by atoms with van der Waals surface area (Å²) in [6.07, 6.45) is 11.9. The molecule has 4 rings (SSSR count). The summed E-state index contributed by atoms with van der Waals surface area (Å²) >= 11 is 0. The summed E-state index contributed by atoms with van der Waals surface area (Å²) in [6.45, 7) is 0. The van der Waals surface area contributed by atoms with E-state index >= 15 is 0 Å². The fraction of sp³-hybridized carbons (Fsp3) is 0.0625. The second-order valence-electron chi connectivity index (χ2n) is 4.73. The van der Waals surface area contributed by atoms with Gasteiger partial charge in [-0.1, -0.05) is 24.3 Å². The molecule has 4 nitrogen and oxygen atoms in total. The van der Waals surface area contributed by atoms with Crippen LogP contribution < -0.4 is 0 Å². The Kier molecular flexibility index (Phi) is 2.45. The summed E-state index contributed by atoms with van der Waals surface area (Å²) in [7, 11) is 0. The van der Waals surface area contributed by atoms with Gasteiger partial charge in [0.05, 0.1) is 17.1 Å². The van der Waals surface area contributed by atoms with Gasteiger partial charge in [-0.3, -0.25) is 4.98 Å². The summed E-state index contributed by atoms with van der Waals surface area (Å²) < 4.78 is 0. The number of aromatic nitrogens is 4. The van der Waals surface area contributed by atoms with E-state index in [-0.39, 0.29) is 5.92 Å². The second kappa shape index (κ2) is 4.42. The van der Waals surface area contributed by atoms with Crippen LogP contribution in [0.4, 0.5) is 0 Å². The predicted molar refractivity (Wildman–Crippen MR) is 78.1 cm³/mol. The number of fused-ring (bicyclic) bond motifs is 1. The third-order valence-electron chi connectivity index (χ3n) is 3.39. The van der Waals surface area contributed by atoms with E-state index in [1.807, 2.05) is 42.6 Å². The molecule has 0 saturated carbocycles. The van der Waals surface area contributed by atoms with Crippen molar-refractivity contribution in [2.75, 3.05) is 0 Å². The van der Waals surface area contributed by atoms with Gasteiger partial charge in [0.2, 0.25) is 0 Å². The molecule has 0 bridgehead atoms. The van der Waals surface area contributed by atoms with Crippen molar-refractivity contribution < 1.29 is 0 Å². The molecule has 0 aliphatic heterocycles. The van der Waals surface area contributed by atoms with Crippen molar-refractivity contribution in [3.05, 3.63) is 66.8 Å². The van der Waals surface area contributed by atoms with Crippen molar-refractivity contribution in [3.63, 3.8) is 0 Å². The van der Waals surface area contributed by atoms with Gasteiger partial charge in [0.1, 0.15) is 5.82 Å². The van der Waals surface area contributed by atoms with Crippen LogP contribution in [0.15, 0.2) is 61.0 Å². The van der Waals surface area contributed by atoms with Crippen molar-refractivity contribution >= 4 is 11.2 Å². The average molecular weight is 260 g/mol. The summed E-state index contributed by atoms with van der Waals surface area (Å²) in [4.78, 5) is 16.6. The Morgan fingerprint density at radius 3 is 2.70 bits per heavy atom. The first kappa shape index (κ1) is 11.1. The van der Waals surface area contributed by atoms with Crippen molar-refractivity contribution in [2.24, 2.45) is 0 Å². The van der Waals surface area contributed by atoms with E-state index in [0.717, 1.165) is 28.2 Å². The van der Waals surface area contributed by atoms with Crippen molar-refractivity contribution in [3.8, 4) is 11.3 Å². The minimum Gasteiger partial charge on any atom is -0.340 e. The van der Waals surface area contributed by atoms with E-state index in [1.54, 1.807) is 6.20 Å². The average Bonchev–Trinajstić information content (AvgIpc) is 3.16. The molecule has 4 heteroatoms. The first-order valence-corrected chi connectivity index (χ1v) is 6.52. The minimum atomic E-state index is 0.228. The van der Waals surface area contributed by atoms with E-state index in [0.29, 0.717) is 0 Å². The van der Waals surface area contributed by atoms with E-state index in [2.05, 4.69) is 32.1 Å². The van der Waals surface area contributed by atoms with Crippen LogP contribution in [-0.2, 0) is 0 Å². The van der Waals surface area contributed by atoms with Crippen molar-refractivity contribution in [1.29, 1.82) is 0 Å². The lowest BCUT2D eigenvalue weighted by Gasteiger charge is -1.98. The Bertz CT molecular complexity index is 803. The molecule has 0 fully saturated rings. The van der Waals surface area contributed by atoms with E-state index in [9.17, 15) is 0 Å². The van der Waals surface area contributed by atoms with Gasteiger partial charge in [0, 0.05) is 18.0 Å². The van der Waals surface area contributed by atoms with Crippen LogP contribution in [0.2, 0.25) is 0 Å². The Morgan fingerprint density at radius 1 is 1.00 bits per heavy atom. The van der Waals surface area contributed by atoms with Crippen LogP contribution in [0.25, 0.3) is 22.4 Å². The van der Waals surface area contributed by atoms with Crippen LogP contribution in [-0.4, -0.2) is 19.9 Å². The molecule has 3 aromatic heterocycles. The van der Waals surface area contributed by atoms with E-state index in [1.165, 1.54) is 0 Å². The van der Waals surface area contributed by atoms with Crippen LogP contribution in [0.5, 0.6) is 0 Å². The number of imidazole rings is 1. The monoisotopic (exact) mass is 260 g/mol. The van der Waals surface area contributed by atoms with E-state index in [4.69, 9.17) is 0 Å². The van der Waals surface area contributed by atoms with Gasteiger partial charge < -0.3 is 4.98 Å². The largest absolute Gasteiger partial charge is 0.340 e. The van der Waals surface area contributed by atoms with Gasteiger partial charge in [0.25, 0.3) is 0 Å². The lowest BCUT2D eigenvalue weighted by molar-refractivity contribution is 0.968. The molecule has 0 unspecified atom stereocenters. The predicted octanol–water partition coefficient (Wildman–Crippen LogP) is 3.23. The zero-order chi connectivity index (χ0) is 13.4. The molecular weight excluding hydrogens is 248 g/mol. The Morgan fingerprint density at radius 2 is 1.90 bits per heavy atom. The molecule has 20 heavy (non-hydrogen) atoms. The molecule has 96 valence electrons. The smallest absolute Gasteiger partial charge is 0.178 e. The molecule has 0 aromatic carbocycles. The van der Waals surface area contributed by atoms with Gasteiger partial charge in [0.15, 0.2) is 5.65 Å². The molecule has 3 aromatic rings. The van der Waals surface area contributed by atoms with Gasteiger partial charge >= 0.3 is 0 Å².